The number of nitrogens with zero attached hydrogens (tertiary/aromatic N) is 4. The minimum Gasteiger partial charge on any atom is -0.351 e. The molecule has 1 aromatic heterocycles. The Morgan fingerprint density at radius 1 is 1.53 bits per heavy atom. The molecule has 0 saturated carbocycles. The predicted octanol–water partition coefficient (Wildman–Crippen LogP) is 0.907. The van der Waals surface area contributed by atoms with E-state index in [1.807, 2.05) is 18.7 Å². The van der Waals surface area contributed by atoms with Crippen LogP contribution >= 0.6 is 0 Å². The van der Waals surface area contributed by atoms with Crippen LogP contribution in [0.5, 0.6) is 0 Å². The van der Waals surface area contributed by atoms with Gasteiger partial charge in [-0.2, -0.15) is 0 Å². The normalized spacial score (nSPS) is 10.1. The van der Waals surface area contributed by atoms with Gasteiger partial charge in [0.15, 0.2) is 0 Å². The van der Waals surface area contributed by atoms with Crippen molar-refractivity contribution in [2.45, 2.75) is 20.3 Å². The summed E-state index contributed by atoms with van der Waals surface area (Å²) in [5.74, 6) is 5.53. The Labute approximate surface area is 99.0 Å². The van der Waals surface area contributed by atoms with Crippen LogP contribution in [0.2, 0.25) is 0 Å². The van der Waals surface area contributed by atoms with E-state index in [4.69, 9.17) is 5.84 Å². The van der Waals surface area contributed by atoms with Crippen LogP contribution in [0, 0.1) is 10.1 Å². The Kier molecular flexibility index (Phi) is 4.58. The van der Waals surface area contributed by atoms with Gasteiger partial charge >= 0.3 is 5.69 Å². The highest BCUT2D eigenvalue weighted by atomic mass is 16.6. The SMILES string of the molecule is CCCN(CC)c1ncnc(NN)c1[N+](=O)[O-]. The fourth-order valence-electron chi connectivity index (χ4n) is 1.56. The summed E-state index contributed by atoms with van der Waals surface area (Å²) in [7, 11) is 0. The van der Waals surface area contributed by atoms with Crippen molar-refractivity contribution >= 4 is 17.3 Å². The molecule has 17 heavy (non-hydrogen) atoms. The zero-order chi connectivity index (χ0) is 12.8. The van der Waals surface area contributed by atoms with E-state index in [1.165, 1.54) is 6.33 Å². The van der Waals surface area contributed by atoms with E-state index in [0.717, 1.165) is 6.42 Å². The number of anilines is 2. The van der Waals surface area contributed by atoms with Gasteiger partial charge in [0.05, 0.1) is 4.92 Å². The molecule has 0 aliphatic heterocycles. The number of nitro groups is 1. The van der Waals surface area contributed by atoms with Crippen LogP contribution in [-0.2, 0) is 0 Å². The van der Waals surface area contributed by atoms with Crippen molar-refractivity contribution in [3.8, 4) is 0 Å². The highest BCUT2D eigenvalue weighted by molar-refractivity contribution is 5.69. The fourth-order valence-corrected chi connectivity index (χ4v) is 1.56. The summed E-state index contributed by atoms with van der Waals surface area (Å²) < 4.78 is 0. The molecule has 0 aliphatic carbocycles. The third-order valence-corrected chi connectivity index (χ3v) is 2.30. The Balaban J connectivity index is 3.25. The van der Waals surface area contributed by atoms with E-state index in [9.17, 15) is 10.1 Å². The molecule has 0 spiro atoms. The molecular formula is C9H16N6O2. The van der Waals surface area contributed by atoms with Crippen molar-refractivity contribution in [1.29, 1.82) is 0 Å². The van der Waals surface area contributed by atoms with Gasteiger partial charge < -0.3 is 10.3 Å². The summed E-state index contributed by atoms with van der Waals surface area (Å²) in [6.45, 7) is 5.24. The molecule has 3 N–H and O–H groups in total. The maximum Gasteiger partial charge on any atom is 0.354 e. The van der Waals surface area contributed by atoms with Crippen molar-refractivity contribution < 1.29 is 4.92 Å². The van der Waals surface area contributed by atoms with Crippen LogP contribution in [0.1, 0.15) is 20.3 Å². The van der Waals surface area contributed by atoms with E-state index in [1.54, 1.807) is 0 Å². The Morgan fingerprint density at radius 2 is 2.24 bits per heavy atom. The molecule has 0 fully saturated rings. The van der Waals surface area contributed by atoms with Gasteiger partial charge in [-0.05, 0) is 13.3 Å². The third kappa shape index (κ3) is 2.78. The van der Waals surface area contributed by atoms with Gasteiger partial charge in [0, 0.05) is 13.1 Å². The summed E-state index contributed by atoms with van der Waals surface area (Å²) in [5.41, 5.74) is 2.03. The minimum absolute atomic E-state index is 0.0227. The number of nitrogens with two attached hydrogens (primary N) is 1. The Morgan fingerprint density at radius 3 is 2.71 bits per heavy atom. The van der Waals surface area contributed by atoms with Crippen LogP contribution < -0.4 is 16.2 Å². The van der Waals surface area contributed by atoms with Gasteiger partial charge in [-0.3, -0.25) is 10.1 Å². The van der Waals surface area contributed by atoms with Crippen molar-refractivity contribution in [2.24, 2.45) is 5.84 Å². The van der Waals surface area contributed by atoms with Gasteiger partial charge in [-0.1, -0.05) is 6.92 Å². The molecular weight excluding hydrogens is 224 g/mol. The fraction of sp³-hybridized carbons (Fsp3) is 0.556. The quantitative estimate of drug-likeness (QED) is 0.432. The average molecular weight is 240 g/mol. The molecule has 8 heteroatoms. The molecule has 0 radical (unpaired) electrons. The summed E-state index contributed by atoms with van der Waals surface area (Å²) in [6, 6.07) is 0. The lowest BCUT2D eigenvalue weighted by atomic mass is 10.3. The lowest BCUT2D eigenvalue weighted by molar-refractivity contribution is -0.383. The van der Waals surface area contributed by atoms with Gasteiger partial charge in [0.2, 0.25) is 11.6 Å². The minimum atomic E-state index is -0.525. The van der Waals surface area contributed by atoms with E-state index in [0.29, 0.717) is 18.9 Å². The molecule has 1 heterocycles. The highest BCUT2D eigenvalue weighted by Crippen LogP contribution is 2.30. The third-order valence-electron chi connectivity index (χ3n) is 2.30. The van der Waals surface area contributed by atoms with Crippen molar-refractivity contribution in [3.63, 3.8) is 0 Å². The number of hydrazine groups is 1. The van der Waals surface area contributed by atoms with E-state index in [2.05, 4.69) is 15.4 Å². The van der Waals surface area contributed by atoms with Crippen molar-refractivity contribution in [1.82, 2.24) is 9.97 Å². The summed E-state index contributed by atoms with van der Waals surface area (Å²) in [4.78, 5) is 20.0. The van der Waals surface area contributed by atoms with Crippen LogP contribution in [0.4, 0.5) is 17.3 Å². The molecule has 0 atom stereocenters. The van der Waals surface area contributed by atoms with Crippen LogP contribution in [0.25, 0.3) is 0 Å². The number of nitrogens with one attached hydrogen (secondary N) is 1. The first-order valence-electron chi connectivity index (χ1n) is 5.36. The first kappa shape index (κ1) is 13.1. The zero-order valence-corrected chi connectivity index (χ0v) is 9.88. The second kappa shape index (κ2) is 5.94. The number of hydrogen-bond acceptors (Lipinski definition) is 7. The molecule has 1 rings (SSSR count). The number of aromatic nitrogens is 2. The van der Waals surface area contributed by atoms with Crippen LogP contribution in [0.15, 0.2) is 6.33 Å². The molecule has 0 unspecified atom stereocenters. The maximum atomic E-state index is 11.0. The summed E-state index contributed by atoms with van der Waals surface area (Å²) in [5, 5.41) is 11.0. The Hall–Kier alpha value is -1.96. The number of nitrogen functional groups attached to an aromatic ring is 1. The number of hydrogen-bond donors (Lipinski definition) is 2. The molecule has 94 valence electrons. The van der Waals surface area contributed by atoms with Gasteiger partial charge in [0.25, 0.3) is 0 Å². The first-order valence-corrected chi connectivity index (χ1v) is 5.36. The standard InChI is InChI=1S/C9H16N6O2/c1-3-5-14(4-2)9-7(15(16)17)8(13-10)11-6-12-9/h6H,3-5,10H2,1-2H3,(H,11,12,13). The maximum absolute atomic E-state index is 11.0. The molecule has 1 aromatic rings. The summed E-state index contributed by atoms with van der Waals surface area (Å²) >= 11 is 0. The molecule has 0 aliphatic rings. The lowest BCUT2D eigenvalue weighted by Crippen LogP contribution is -2.26. The predicted molar refractivity (Wildman–Crippen MR) is 64.7 cm³/mol. The van der Waals surface area contributed by atoms with Gasteiger partial charge in [0.1, 0.15) is 6.33 Å². The van der Waals surface area contributed by atoms with Crippen molar-refractivity contribution in [2.75, 3.05) is 23.4 Å². The Bertz CT molecular complexity index is 397. The molecule has 0 amide bonds. The van der Waals surface area contributed by atoms with Crippen molar-refractivity contribution in [3.05, 3.63) is 16.4 Å². The summed E-state index contributed by atoms with van der Waals surface area (Å²) in [6.07, 6.45) is 2.14. The zero-order valence-electron chi connectivity index (χ0n) is 9.88. The molecule has 0 bridgehead atoms. The van der Waals surface area contributed by atoms with Gasteiger partial charge in [-0.25, -0.2) is 15.8 Å². The highest BCUT2D eigenvalue weighted by Gasteiger charge is 2.25. The monoisotopic (exact) mass is 240 g/mol. The van der Waals surface area contributed by atoms with Crippen LogP contribution in [0.3, 0.4) is 0 Å². The van der Waals surface area contributed by atoms with Gasteiger partial charge in [-0.15, -0.1) is 0 Å². The molecule has 0 aromatic carbocycles. The molecule has 0 saturated heterocycles. The van der Waals surface area contributed by atoms with E-state index in [-0.39, 0.29) is 11.5 Å². The van der Waals surface area contributed by atoms with Crippen LogP contribution in [-0.4, -0.2) is 28.0 Å². The second-order valence-corrected chi connectivity index (χ2v) is 3.38. The number of rotatable bonds is 6. The molecule has 8 nitrogen and oxygen atoms in total. The lowest BCUT2D eigenvalue weighted by Gasteiger charge is -2.20. The second-order valence-electron chi connectivity index (χ2n) is 3.38. The average Bonchev–Trinajstić information content (AvgIpc) is 2.34. The largest absolute Gasteiger partial charge is 0.354 e. The topological polar surface area (TPSA) is 110 Å². The van der Waals surface area contributed by atoms with E-state index < -0.39 is 4.92 Å². The smallest absolute Gasteiger partial charge is 0.351 e. The van der Waals surface area contributed by atoms with E-state index >= 15 is 0 Å². The first-order chi connectivity index (χ1) is 8.15.